The van der Waals surface area contributed by atoms with E-state index in [2.05, 4.69) is 21.2 Å². The first-order valence-corrected chi connectivity index (χ1v) is 16.8. The van der Waals surface area contributed by atoms with Crippen molar-refractivity contribution in [1.29, 1.82) is 0 Å². The van der Waals surface area contributed by atoms with E-state index >= 15 is 0 Å². The van der Waals surface area contributed by atoms with Gasteiger partial charge in [0.2, 0.25) is 11.8 Å². The van der Waals surface area contributed by atoms with E-state index in [0.29, 0.717) is 10.7 Å². The van der Waals surface area contributed by atoms with Gasteiger partial charge in [0.05, 0.1) is 10.6 Å². The van der Waals surface area contributed by atoms with Crippen molar-refractivity contribution in [2.75, 3.05) is 10.8 Å². The summed E-state index contributed by atoms with van der Waals surface area (Å²) in [5.74, 6) is -0.860. The number of nitrogens with one attached hydrogen (secondary N) is 1. The molecule has 230 valence electrons. The highest BCUT2D eigenvalue weighted by Gasteiger charge is 2.34. The third-order valence-electron chi connectivity index (χ3n) is 6.97. The van der Waals surface area contributed by atoms with Crippen molar-refractivity contribution >= 4 is 55.1 Å². The van der Waals surface area contributed by atoms with Gasteiger partial charge in [0.15, 0.2) is 0 Å². The summed E-state index contributed by atoms with van der Waals surface area (Å²) in [7, 11) is -4.16. The first-order valence-electron chi connectivity index (χ1n) is 14.2. The summed E-state index contributed by atoms with van der Waals surface area (Å²) < 4.78 is 30.0. The number of aryl methyl sites for hydroxylation is 1. The topological polar surface area (TPSA) is 86.8 Å². The number of amides is 2. The van der Waals surface area contributed by atoms with Crippen LogP contribution in [0.1, 0.15) is 30.5 Å². The summed E-state index contributed by atoms with van der Waals surface area (Å²) in [5, 5.41) is 3.49. The highest BCUT2D eigenvalue weighted by atomic mass is 79.9. The zero-order chi connectivity index (χ0) is 31.9. The largest absolute Gasteiger partial charge is 0.352 e. The normalized spacial score (nSPS) is 12.0. The molecule has 4 rings (SSSR count). The summed E-state index contributed by atoms with van der Waals surface area (Å²) in [6.07, 6.45) is 0.238. The van der Waals surface area contributed by atoms with Gasteiger partial charge in [0.1, 0.15) is 12.6 Å². The predicted molar refractivity (Wildman–Crippen MR) is 179 cm³/mol. The molecule has 2 amide bonds. The molecule has 0 spiro atoms. The van der Waals surface area contributed by atoms with Gasteiger partial charge >= 0.3 is 0 Å². The van der Waals surface area contributed by atoms with Gasteiger partial charge in [-0.05, 0) is 80.4 Å². The second kappa shape index (κ2) is 14.9. The zero-order valence-electron chi connectivity index (χ0n) is 24.8. The second-order valence-corrected chi connectivity index (χ2v) is 14.0. The van der Waals surface area contributed by atoms with Crippen molar-refractivity contribution in [3.05, 3.63) is 129 Å². The van der Waals surface area contributed by atoms with E-state index in [9.17, 15) is 18.0 Å². The van der Waals surface area contributed by atoms with Crippen LogP contribution >= 0.6 is 27.5 Å². The number of halogens is 2. The minimum absolute atomic E-state index is 0.0569. The van der Waals surface area contributed by atoms with E-state index in [1.807, 2.05) is 51.1 Å². The van der Waals surface area contributed by atoms with Gasteiger partial charge in [-0.25, -0.2) is 8.42 Å². The molecule has 0 saturated carbocycles. The lowest BCUT2D eigenvalue weighted by atomic mass is 10.0. The molecular formula is C34H35BrClN3O4S. The lowest BCUT2D eigenvalue weighted by molar-refractivity contribution is -0.140. The first kappa shape index (κ1) is 33.2. The van der Waals surface area contributed by atoms with Gasteiger partial charge in [0.25, 0.3) is 10.0 Å². The molecule has 44 heavy (non-hydrogen) atoms. The number of rotatable bonds is 12. The maximum Gasteiger partial charge on any atom is 0.264 e. The summed E-state index contributed by atoms with van der Waals surface area (Å²) in [5.41, 5.74) is 2.83. The van der Waals surface area contributed by atoms with Gasteiger partial charge in [-0.1, -0.05) is 87.7 Å². The fraction of sp³-hybridized carbons (Fsp3) is 0.235. The molecule has 0 fully saturated rings. The Morgan fingerprint density at radius 3 is 2.05 bits per heavy atom. The average Bonchev–Trinajstić information content (AvgIpc) is 2.99. The van der Waals surface area contributed by atoms with Gasteiger partial charge in [-0.2, -0.15) is 0 Å². The molecule has 0 aliphatic carbocycles. The maximum absolute atomic E-state index is 14.4. The maximum atomic E-state index is 14.4. The van der Waals surface area contributed by atoms with Crippen LogP contribution < -0.4 is 9.62 Å². The Hall–Kier alpha value is -3.66. The van der Waals surface area contributed by atoms with Gasteiger partial charge < -0.3 is 10.2 Å². The Morgan fingerprint density at radius 1 is 0.841 bits per heavy atom. The van der Waals surface area contributed by atoms with Crippen LogP contribution in [0.4, 0.5) is 5.69 Å². The number of anilines is 1. The molecular weight excluding hydrogens is 662 g/mol. The van der Waals surface area contributed by atoms with Crippen LogP contribution in [0.5, 0.6) is 0 Å². The molecule has 4 aromatic carbocycles. The number of benzene rings is 4. The lowest BCUT2D eigenvalue weighted by Gasteiger charge is -2.34. The molecule has 0 bridgehead atoms. The van der Waals surface area contributed by atoms with E-state index in [1.165, 1.54) is 17.0 Å². The van der Waals surface area contributed by atoms with E-state index in [4.69, 9.17) is 11.6 Å². The summed E-state index contributed by atoms with van der Waals surface area (Å²) in [6, 6.07) is 28.6. The Bertz CT molecular complexity index is 1660. The van der Waals surface area contributed by atoms with Gasteiger partial charge in [-0.15, -0.1) is 0 Å². The van der Waals surface area contributed by atoms with Crippen molar-refractivity contribution in [3.63, 3.8) is 0 Å². The van der Waals surface area contributed by atoms with E-state index in [1.54, 1.807) is 60.7 Å². The zero-order valence-corrected chi connectivity index (χ0v) is 27.9. The van der Waals surface area contributed by atoms with Crippen molar-refractivity contribution in [3.8, 4) is 0 Å². The summed E-state index contributed by atoms with van der Waals surface area (Å²) in [4.78, 5) is 29.7. The molecule has 0 aliphatic rings. The Kier molecular flexibility index (Phi) is 11.2. The molecule has 0 heterocycles. The highest BCUT2D eigenvalue weighted by Crippen LogP contribution is 2.27. The SMILES string of the molecule is Cc1ccc(S(=O)(=O)N(CC(=O)N(Cc2ccc(Cl)cc2)[C@@H](Cc2ccccc2)C(=O)NC(C)C)c2ccc(Br)cc2)cc1. The first-order chi connectivity index (χ1) is 20.9. The number of carbonyl (C=O) groups is 2. The van der Waals surface area contributed by atoms with E-state index in [-0.39, 0.29) is 29.8 Å². The van der Waals surface area contributed by atoms with Crippen LogP contribution in [0, 0.1) is 6.92 Å². The van der Waals surface area contributed by atoms with Crippen molar-refractivity contribution in [1.82, 2.24) is 10.2 Å². The van der Waals surface area contributed by atoms with Crippen LogP contribution in [0.25, 0.3) is 0 Å². The second-order valence-electron chi connectivity index (χ2n) is 10.8. The Morgan fingerprint density at radius 2 is 1.45 bits per heavy atom. The minimum atomic E-state index is -4.16. The molecule has 1 N–H and O–H groups in total. The molecule has 4 aromatic rings. The smallest absolute Gasteiger partial charge is 0.264 e. The number of carbonyl (C=O) groups excluding carboxylic acids is 2. The quantitative estimate of drug-likeness (QED) is 0.177. The van der Waals surface area contributed by atoms with Crippen molar-refractivity contribution in [2.24, 2.45) is 0 Å². The molecule has 1 atom stereocenters. The fourth-order valence-electron chi connectivity index (χ4n) is 4.69. The number of hydrogen-bond acceptors (Lipinski definition) is 4. The molecule has 0 aliphatic heterocycles. The Balaban J connectivity index is 1.79. The molecule has 0 saturated heterocycles. The minimum Gasteiger partial charge on any atom is -0.352 e. The molecule has 7 nitrogen and oxygen atoms in total. The standard InChI is InChI=1S/C34H35BrClN3O4S/c1-24(2)37-34(41)32(21-26-7-5-4-6-8-26)38(22-27-11-15-29(36)16-12-27)33(40)23-39(30-17-13-28(35)14-18-30)44(42,43)31-19-9-25(3)10-20-31/h4-20,24,32H,21-23H2,1-3H3,(H,37,41)/t32-/m0/s1. The Labute approximate surface area is 273 Å². The molecule has 0 radical (unpaired) electrons. The monoisotopic (exact) mass is 695 g/mol. The molecule has 10 heteroatoms. The molecule has 0 aromatic heterocycles. The third-order valence-corrected chi connectivity index (χ3v) is 9.54. The summed E-state index contributed by atoms with van der Waals surface area (Å²) in [6.45, 7) is 5.12. The van der Waals surface area contributed by atoms with Crippen molar-refractivity contribution < 1.29 is 18.0 Å². The lowest BCUT2D eigenvalue weighted by Crippen LogP contribution is -2.54. The third kappa shape index (κ3) is 8.71. The summed E-state index contributed by atoms with van der Waals surface area (Å²) >= 11 is 9.54. The van der Waals surface area contributed by atoms with Crippen LogP contribution in [0.2, 0.25) is 5.02 Å². The van der Waals surface area contributed by atoms with Crippen LogP contribution in [-0.4, -0.2) is 43.8 Å². The van der Waals surface area contributed by atoms with Crippen LogP contribution in [0.3, 0.4) is 0 Å². The van der Waals surface area contributed by atoms with Crippen LogP contribution in [-0.2, 0) is 32.6 Å². The fourth-order valence-corrected chi connectivity index (χ4v) is 6.50. The highest BCUT2D eigenvalue weighted by molar-refractivity contribution is 9.10. The average molecular weight is 697 g/mol. The predicted octanol–water partition coefficient (Wildman–Crippen LogP) is 6.77. The van der Waals surface area contributed by atoms with Crippen molar-refractivity contribution in [2.45, 2.75) is 50.7 Å². The van der Waals surface area contributed by atoms with E-state index < -0.39 is 28.5 Å². The number of nitrogens with zero attached hydrogens (tertiary/aromatic N) is 2. The number of hydrogen-bond donors (Lipinski definition) is 1. The van der Waals surface area contributed by atoms with Gasteiger partial charge in [0, 0.05) is 28.5 Å². The van der Waals surface area contributed by atoms with E-state index in [0.717, 1.165) is 25.5 Å². The molecule has 0 unspecified atom stereocenters. The number of sulfonamides is 1. The van der Waals surface area contributed by atoms with Gasteiger partial charge in [-0.3, -0.25) is 13.9 Å². The van der Waals surface area contributed by atoms with Crippen LogP contribution in [0.15, 0.2) is 112 Å².